The van der Waals surface area contributed by atoms with Crippen molar-refractivity contribution in [3.63, 3.8) is 0 Å². The minimum absolute atomic E-state index is 0.286. The lowest BCUT2D eigenvalue weighted by molar-refractivity contribution is -0.163. The zero-order chi connectivity index (χ0) is 16.2. The maximum absolute atomic E-state index is 13.2. The lowest BCUT2D eigenvalue weighted by atomic mass is 9.81. The van der Waals surface area contributed by atoms with E-state index in [0.717, 1.165) is 19.3 Å². The van der Waals surface area contributed by atoms with Gasteiger partial charge >= 0.3 is 6.18 Å². The average molecular weight is 314 g/mol. The average Bonchev–Trinajstić information content (AvgIpc) is 2.47. The molecule has 1 unspecified atom stereocenters. The Balaban J connectivity index is 2.08. The molecule has 0 aromatic heterocycles. The van der Waals surface area contributed by atoms with Crippen LogP contribution in [0, 0.1) is 0 Å². The van der Waals surface area contributed by atoms with Crippen LogP contribution in [-0.4, -0.2) is 23.7 Å². The Bertz CT molecular complexity index is 496. The lowest BCUT2D eigenvalue weighted by Crippen LogP contribution is -2.59. The number of amides is 1. The normalized spacial score (nSPS) is 19.5. The molecule has 3 nitrogen and oxygen atoms in total. The van der Waals surface area contributed by atoms with Crippen LogP contribution in [0.2, 0.25) is 0 Å². The third-order valence-electron chi connectivity index (χ3n) is 4.18. The van der Waals surface area contributed by atoms with Crippen LogP contribution in [0.3, 0.4) is 0 Å². The smallest absolute Gasteiger partial charge is 0.343 e. The molecule has 1 aliphatic rings. The number of benzene rings is 1. The van der Waals surface area contributed by atoms with Crippen LogP contribution >= 0.6 is 0 Å². The van der Waals surface area contributed by atoms with E-state index in [9.17, 15) is 18.0 Å². The predicted molar refractivity (Wildman–Crippen MR) is 78.1 cm³/mol. The van der Waals surface area contributed by atoms with E-state index in [2.05, 4.69) is 5.32 Å². The molecule has 1 atom stereocenters. The number of rotatable bonds is 4. The summed E-state index contributed by atoms with van der Waals surface area (Å²) in [5.74, 6) is -0.689. The summed E-state index contributed by atoms with van der Waals surface area (Å²) in [6.45, 7) is 0. The van der Waals surface area contributed by atoms with Gasteiger partial charge in [0.25, 0.3) is 0 Å². The lowest BCUT2D eigenvalue weighted by Gasteiger charge is -2.34. The van der Waals surface area contributed by atoms with E-state index in [-0.39, 0.29) is 6.42 Å². The molecule has 2 rings (SSSR count). The van der Waals surface area contributed by atoms with E-state index in [1.807, 2.05) is 0 Å². The Hall–Kier alpha value is -1.56. The quantitative estimate of drug-likeness (QED) is 0.898. The number of halogens is 3. The molecule has 0 spiro atoms. The molecule has 22 heavy (non-hydrogen) atoms. The van der Waals surface area contributed by atoms with Crippen LogP contribution in [-0.2, 0) is 11.2 Å². The van der Waals surface area contributed by atoms with E-state index >= 15 is 0 Å². The van der Waals surface area contributed by atoms with Gasteiger partial charge in [-0.15, -0.1) is 0 Å². The number of carbonyl (C=O) groups excluding carboxylic acids is 1. The summed E-state index contributed by atoms with van der Waals surface area (Å²) < 4.78 is 39.6. The molecular weight excluding hydrogens is 293 g/mol. The van der Waals surface area contributed by atoms with Gasteiger partial charge in [0.15, 0.2) is 0 Å². The largest absolute Gasteiger partial charge is 0.408 e. The fraction of sp³-hybridized carbons (Fsp3) is 0.562. The molecule has 0 heterocycles. The molecular formula is C16H21F3N2O. The first-order valence-corrected chi connectivity index (χ1v) is 7.52. The summed E-state index contributed by atoms with van der Waals surface area (Å²) in [7, 11) is 0. The molecule has 1 saturated carbocycles. The summed E-state index contributed by atoms with van der Waals surface area (Å²) in [5, 5.41) is 2.13. The minimum atomic E-state index is -4.50. The molecule has 1 aromatic carbocycles. The number of hydrogen-bond donors (Lipinski definition) is 2. The summed E-state index contributed by atoms with van der Waals surface area (Å²) >= 11 is 0. The number of alkyl halides is 3. The zero-order valence-electron chi connectivity index (χ0n) is 12.3. The molecule has 122 valence electrons. The molecule has 0 radical (unpaired) electrons. The SMILES string of the molecule is NC1(C(=O)NC(Cc2ccccc2)C(F)(F)F)CCCCC1. The summed E-state index contributed by atoms with van der Waals surface area (Å²) in [4.78, 5) is 12.2. The fourth-order valence-corrected chi connectivity index (χ4v) is 2.81. The van der Waals surface area contributed by atoms with Crippen LogP contribution in [0.5, 0.6) is 0 Å². The van der Waals surface area contributed by atoms with Gasteiger partial charge in [-0.25, -0.2) is 0 Å². The van der Waals surface area contributed by atoms with Gasteiger partial charge in [-0.3, -0.25) is 4.79 Å². The topological polar surface area (TPSA) is 55.1 Å². The third-order valence-corrected chi connectivity index (χ3v) is 4.18. The summed E-state index contributed by atoms with van der Waals surface area (Å²) in [5.41, 5.74) is 5.37. The standard InChI is InChI=1S/C16H21F3N2O/c17-16(18,19)13(11-12-7-3-1-4-8-12)21-14(22)15(20)9-5-2-6-10-15/h1,3-4,7-8,13H,2,5-6,9-11,20H2,(H,21,22). The summed E-state index contributed by atoms with van der Waals surface area (Å²) in [6.07, 6.45) is -1.39. The first kappa shape index (κ1) is 16.8. The van der Waals surface area contributed by atoms with Crippen molar-refractivity contribution in [3.05, 3.63) is 35.9 Å². The Morgan fingerprint density at radius 1 is 1.18 bits per heavy atom. The second-order valence-corrected chi connectivity index (χ2v) is 5.97. The second-order valence-electron chi connectivity index (χ2n) is 5.97. The van der Waals surface area contributed by atoms with Gasteiger partial charge in [-0.05, 0) is 18.4 Å². The number of nitrogens with two attached hydrogens (primary N) is 1. The molecule has 1 aromatic rings. The van der Waals surface area contributed by atoms with Crippen molar-refractivity contribution in [2.75, 3.05) is 0 Å². The monoisotopic (exact) mass is 314 g/mol. The highest BCUT2D eigenvalue weighted by molar-refractivity contribution is 5.86. The molecule has 3 N–H and O–H groups in total. The fourth-order valence-electron chi connectivity index (χ4n) is 2.81. The molecule has 6 heteroatoms. The molecule has 0 saturated heterocycles. The molecule has 1 fully saturated rings. The van der Waals surface area contributed by atoms with Gasteiger partial charge < -0.3 is 11.1 Å². The first-order valence-electron chi connectivity index (χ1n) is 7.52. The van der Waals surface area contributed by atoms with Crippen molar-refractivity contribution < 1.29 is 18.0 Å². The first-order chi connectivity index (χ1) is 10.3. The Kier molecular flexibility index (Phi) is 5.11. The van der Waals surface area contributed by atoms with Gasteiger partial charge in [-0.1, -0.05) is 49.6 Å². The Morgan fingerprint density at radius 3 is 2.32 bits per heavy atom. The van der Waals surface area contributed by atoms with Crippen molar-refractivity contribution in [1.82, 2.24) is 5.32 Å². The third kappa shape index (κ3) is 4.22. The van der Waals surface area contributed by atoms with Crippen LogP contribution < -0.4 is 11.1 Å². The molecule has 0 aliphatic heterocycles. The highest BCUT2D eigenvalue weighted by atomic mass is 19.4. The van der Waals surface area contributed by atoms with Gasteiger partial charge in [-0.2, -0.15) is 13.2 Å². The predicted octanol–water partition coefficient (Wildman–Crippen LogP) is 2.94. The van der Waals surface area contributed by atoms with Crippen LogP contribution in [0.15, 0.2) is 30.3 Å². The van der Waals surface area contributed by atoms with Gasteiger partial charge in [0.1, 0.15) is 6.04 Å². The number of carbonyl (C=O) groups is 1. The van der Waals surface area contributed by atoms with Crippen LogP contribution in [0.4, 0.5) is 13.2 Å². The highest BCUT2D eigenvalue weighted by Crippen LogP contribution is 2.28. The van der Waals surface area contributed by atoms with Gasteiger partial charge in [0.2, 0.25) is 5.91 Å². The van der Waals surface area contributed by atoms with E-state index in [0.29, 0.717) is 18.4 Å². The van der Waals surface area contributed by atoms with Crippen LogP contribution in [0.25, 0.3) is 0 Å². The van der Waals surface area contributed by atoms with Crippen molar-refractivity contribution in [2.24, 2.45) is 5.73 Å². The Labute approximate surface area is 128 Å². The maximum atomic E-state index is 13.2. The van der Waals surface area contributed by atoms with Crippen molar-refractivity contribution >= 4 is 5.91 Å². The molecule has 1 aliphatic carbocycles. The number of nitrogens with one attached hydrogen (secondary N) is 1. The summed E-state index contributed by atoms with van der Waals surface area (Å²) in [6, 6.07) is 6.41. The van der Waals surface area contributed by atoms with E-state index in [4.69, 9.17) is 5.73 Å². The molecule has 0 bridgehead atoms. The zero-order valence-corrected chi connectivity index (χ0v) is 12.3. The van der Waals surface area contributed by atoms with Crippen molar-refractivity contribution in [3.8, 4) is 0 Å². The number of hydrogen-bond acceptors (Lipinski definition) is 2. The highest BCUT2D eigenvalue weighted by Gasteiger charge is 2.44. The van der Waals surface area contributed by atoms with Gasteiger partial charge in [0, 0.05) is 6.42 Å². The van der Waals surface area contributed by atoms with Crippen molar-refractivity contribution in [2.45, 2.75) is 56.3 Å². The Morgan fingerprint density at radius 2 is 1.77 bits per heavy atom. The minimum Gasteiger partial charge on any atom is -0.343 e. The van der Waals surface area contributed by atoms with E-state index < -0.39 is 23.7 Å². The van der Waals surface area contributed by atoms with Gasteiger partial charge in [0.05, 0.1) is 5.54 Å². The molecule has 1 amide bonds. The van der Waals surface area contributed by atoms with Crippen LogP contribution in [0.1, 0.15) is 37.7 Å². The second kappa shape index (κ2) is 6.69. The van der Waals surface area contributed by atoms with E-state index in [1.54, 1.807) is 30.3 Å². The van der Waals surface area contributed by atoms with Crippen molar-refractivity contribution in [1.29, 1.82) is 0 Å². The maximum Gasteiger partial charge on any atom is 0.408 e. The van der Waals surface area contributed by atoms with E-state index in [1.165, 1.54) is 0 Å².